The standard InChI is InChI=1S/C15H25N3O4S.ClH/c1-5-22-15(19)13-10(2)14(11(3)17-13)23(20,21)18-8-6-7-12(9-18)16-4;/h12,16-17H,5-9H2,1-4H3;1H. The van der Waals surface area contributed by atoms with Crippen LogP contribution in [0.15, 0.2) is 4.90 Å². The Morgan fingerprint density at radius 1 is 1.42 bits per heavy atom. The number of aryl methyl sites for hydroxylation is 1. The number of hydrogen-bond donors (Lipinski definition) is 2. The number of aromatic amines is 1. The molecule has 1 atom stereocenters. The lowest BCUT2D eigenvalue weighted by Crippen LogP contribution is -2.47. The average Bonchev–Trinajstić information content (AvgIpc) is 2.83. The monoisotopic (exact) mass is 379 g/mol. The van der Waals surface area contributed by atoms with Gasteiger partial charge in [0.15, 0.2) is 0 Å². The minimum Gasteiger partial charge on any atom is -0.461 e. The lowest BCUT2D eigenvalue weighted by Gasteiger charge is -2.31. The van der Waals surface area contributed by atoms with Crippen LogP contribution in [0, 0.1) is 13.8 Å². The van der Waals surface area contributed by atoms with E-state index in [1.807, 2.05) is 7.05 Å². The first-order chi connectivity index (χ1) is 10.8. The fourth-order valence-corrected chi connectivity index (χ4v) is 4.98. The maximum Gasteiger partial charge on any atom is 0.355 e. The first-order valence-electron chi connectivity index (χ1n) is 7.86. The highest BCUT2D eigenvalue weighted by molar-refractivity contribution is 7.89. The van der Waals surface area contributed by atoms with Gasteiger partial charge in [0, 0.05) is 30.4 Å². The maximum absolute atomic E-state index is 13.0. The summed E-state index contributed by atoms with van der Waals surface area (Å²) < 4.78 is 32.5. The number of esters is 1. The van der Waals surface area contributed by atoms with Crippen molar-refractivity contribution in [2.24, 2.45) is 0 Å². The Labute approximate surface area is 149 Å². The minimum absolute atomic E-state index is 0. The molecule has 1 saturated heterocycles. The van der Waals surface area contributed by atoms with Crippen LogP contribution in [-0.2, 0) is 14.8 Å². The van der Waals surface area contributed by atoms with Crippen molar-refractivity contribution in [3.05, 3.63) is 17.0 Å². The lowest BCUT2D eigenvalue weighted by molar-refractivity contribution is 0.0519. The molecule has 2 heterocycles. The van der Waals surface area contributed by atoms with Gasteiger partial charge in [0.1, 0.15) is 10.6 Å². The topological polar surface area (TPSA) is 91.5 Å². The molecule has 0 saturated carbocycles. The quantitative estimate of drug-likeness (QED) is 0.758. The van der Waals surface area contributed by atoms with Gasteiger partial charge >= 0.3 is 5.97 Å². The van der Waals surface area contributed by atoms with Crippen molar-refractivity contribution < 1.29 is 17.9 Å². The summed E-state index contributed by atoms with van der Waals surface area (Å²) in [7, 11) is -1.80. The number of likely N-dealkylation sites (N-methyl/N-ethyl adjacent to an activating group) is 1. The van der Waals surface area contributed by atoms with Gasteiger partial charge in [-0.15, -0.1) is 12.4 Å². The van der Waals surface area contributed by atoms with Crippen LogP contribution in [0.1, 0.15) is 41.5 Å². The number of rotatable bonds is 5. The van der Waals surface area contributed by atoms with Crippen LogP contribution in [0.5, 0.6) is 0 Å². The molecule has 2 N–H and O–H groups in total. The van der Waals surface area contributed by atoms with Gasteiger partial charge < -0.3 is 15.0 Å². The summed E-state index contributed by atoms with van der Waals surface area (Å²) in [4.78, 5) is 15.0. The molecule has 0 amide bonds. The Balaban J connectivity index is 0.00000288. The van der Waals surface area contributed by atoms with E-state index >= 15 is 0 Å². The van der Waals surface area contributed by atoms with Gasteiger partial charge in [-0.1, -0.05) is 0 Å². The molecule has 0 aliphatic carbocycles. The SMILES string of the molecule is CCOC(=O)c1[nH]c(C)c(S(=O)(=O)N2CCCC(NC)C2)c1C.Cl. The number of aromatic nitrogens is 1. The molecule has 1 aromatic rings. The van der Waals surface area contributed by atoms with E-state index in [2.05, 4.69) is 10.3 Å². The Bertz CT molecular complexity index is 687. The summed E-state index contributed by atoms with van der Waals surface area (Å²) in [6.45, 7) is 6.21. The third-order valence-corrected chi connectivity index (χ3v) is 6.38. The van der Waals surface area contributed by atoms with Crippen molar-refractivity contribution >= 4 is 28.4 Å². The van der Waals surface area contributed by atoms with Crippen molar-refractivity contribution in [3.63, 3.8) is 0 Å². The van der Waals surface area contributed by atoms with Crippen molar-refractivity contribution in [1.82, 2.24) is 14.6 Å². The van der Waals surface area contributed by atoms with Gasteiger partial charge in [-0.05, 0) is 40.7 Å². The number of ether oxygens (including phenoxy) is 1. The van der Waals surface area contributed by atoms with E-state index in [9.17, 15) is 13.2 Å². The van der Waals surface area contributed by atoms with Crippen molar-refractivity contribution in [3.8, 4) is 0 Å². The van der Waals surface area contributed by atoms with Crippen molar-refractivity contribution in [2.75, 3.05) is 26.7 Å². The number of nitrogens with zero attached hydrogens (tertiary/aromatic N) is 1. The molecule has 1 aliphatic rings. The summed E-state index contributed by atoms with van der Waals surface area (Å²) in [6.07, 6.45) is 1.78. The van der Waals surface area contributed by atoms with Crippen LogP contribution in [0.4, 0.5) is 0 Å². The summed E-state index contributed by atoms with van der Waals surface area (Å²) in [5.74, 6) is -0.527. The zero-order chi connectivity index (χ0) is 17.2. The third kappa shape index (κ3) is 3.93. The zero-order valence-corrected chi connectivity index (χ0v) is 16.1. The number of carbonyl (C=O) groups excluding carboxylic acids is 1. The Hall–Kier alpha value is -1.09. The molecule has 0 bridgehead atoms. The molecule has 138 valence electrons. The highest BCUT2D eigenvalue weighted by atomic mass is 35.5. The van der Waals surface area contributed by atoms with E-state index < -0.39 is 16.0 Å². The molecule has 0 spiro atoms. The molecule has 9 heteroatoms. The number of hydrogen-bond acceptors (Lipinski definition) is 5. The van der Waals surface area contributed by atoms with Crippen LogP contribution < -0.4 is 5.32 Å². The van der Waals surface area contributed by atoms with Crippen LogP contribution in [-0.4, -0.2) is 56.5 Å². The maximum atomic E-state index is 13.0. The number of halogens is 1. The van der Waals surface area contributed by atoms with Crippen LogP contribution in [0.2, 0.25) is 0 Å². The molecule has 0 radical (unpaired) electrons. The van der Waals surface area contributed by atoms with Gasteiger partial charge in [0.25, 0.3) is 0 Å². The number of piperidine rings is 1. The third-order valence-electron chi connectivity index (χ3n) is 4.24. The molecule has 1 unspecified atom stereocenters. The molecule has 7 nitrogen and oxygen atoms in total. The van der Waals surface area contributed by atoms with Crippen LogP contribution >= 0.6 is 12.4 Å². The number of H-pyrrole nitrogens is 1. The highest BCUT2D eigenvalue weighted by Gasteiger charge is 2.34. The smallest absolute Gasteiger partial charge is 0.355 e. The first kappa shape index (κ1) is 21.0. The van der Waals surface area contributed by atoms with E-state index in [-0.39, 0.29) is 35.6 Å². The fraction of sp³-hybridized carbons (Fsp3) is 0.667. The summed E-state index contributed by atoms with van der Waals surface area (Å²) >= 11 is 0. The minimum atomic E-state index is -3.64. The molecular formula is C15H26ClN3O4S. The summed E-state index contributed by atoms with van der Waals surface area (Å²) in [6, 6.07) is 0.155. The largest absolute Gasteiger partial charge is 0.461 e. The van der Waals surface area contributed by atoms with Crippen LogP contribution in [0.3, 0.4) is 0 Å². The molecule has 0 aromatic carbocycles. The van der Waals surface area contributed by atoms with E-state index in [4.69, 9.17) is 4.74 Å². The van der Waals surface area contributed by atoms with Gasteiger partial charge in [0.2, 0.25) is 10.0 Å². The van der Waals surface area contributed by atoms with Crippen molar-refractivity contribution in [1.29, 1.82) is 0 Å². The van der Waals surface area contributed by atoms with Gasteiger partial charge in [-0.3, -0.25) is 0 Å². The number of sulfonamides is 1. The van der Waals surface area contributed by atoms with Gasteiger partial charge in [-0.2, -0.15) is 4.31 Å². The Kier molecular flexibility index (Phi) is 7.27. The Morgan fingerprint density at radius 3 is 2.67 bits per heavy atom. The number of carbonyl (C=O) groups is 1. The molecule has 1 fully saturated rings. The summed E-state index contributed by atoms with van der Waals surface area (Å²) in [5.41, 5.74) is 1.11. The number of nitrogens with one attached hydrogen (secondary N) is 2. The van der Waals surface area contributed by atoms with E-state index in [1.165, 1.54) is 4.31 Å². The molecule has 24 heavy (non-hydrogen) atoms. The predicted octanol–water partition coefficient (Wildman–Crippen LogP) is 1.60. The second-order valence-corrected chi connectivity index (χ2v) is 7.67. The average molecular weight is 380 g/mol. The van der Waals surface area contributed by atoms with Crippen molar-refractivity contribution in [2.45, 2.75) is 44.6 Å². The molecular weight excluding hydrogens is 354 g/mol. The van der Waals surface area contributed by atoms with E-state index in [0.29, 0.717) is 24.3 Å². The summed E-state index contributed by atoms with van der Waals surface area (Å²) in [5, 5.41) is 3.14. The highest BCUT2D eigenvalue weighted by Crippen LogP contribution is 2.28. The lowest BCUT2D eigenvalue weighted by atomic mass is 10.1. The van der Waals surface area contributed by atoms with E-state index in [1.54, 1.807) is 20.8 Å². The van der Waals surface area contributed by atoms with E-state index in [0.717, 1.165) is 12.8 Å². The van der Waals surface area contributed by atoms with Gasteiger partial charge in [-0.25, -0.2) is 13.2 Å². The molecule has 1 aliphatic heterocycles. The molecule has 1 aromatic heterocycles. The normalized spacial score (nSPS) is 18.9. The molecule has 2 rings (SSSR count). The first-order valence-corrected chi connectivity index (χ1v) is 9.30. The predicted molar refractivity (Wildman–Crippen MR) is 94.3 cm³/mol. The second kappa shape index (κ2) is 8.33. The fourth-order valence-electron chi connectivity index (χ4n) is 3.05. The zero-order valence-electron chi connectivity index (χ0n) is 14.5. The van der Waals surface area contributed by atoms with Crippen LogP contribution in [0.25, 0.3) is 0 Å². The Morgan fingerprint density at radius 2 is 2.08 bits per heavy atom. The van der Waals surface area contributed by atoms with Gasteiger partial charge in [0.05, 0.1) is 6.61 Å². The second-order valence-electron chi connectivity index (χ2n) is 5.79.